The topological polar surface area (TPSA) is 12.9 Å². The Morgan fingerprint density at radius 1 is 1.04 bits per heavy atom. The third-order valence-corrected chi connectivity index (χ3v) is 4.48. The minimum absolute atomic E-state index is 0. The second-order valence-electron chi connectivity index (χ2n) is 6.03. The first-order valence-corrected chi connectivity index (χ1v) is 7.84. The van der Waals surface area contributed by atoms with Gasteiger partial charge in [-0.25, -0.2) is 0 Å². The number of pyridine rings is 1. The van der Waals surface area contributed by atoms with Gasteiger partial charge in [-0.2, -0.15) is 0 Å². The monoisotopic (exact) mass is 477 g/mol. The van der Waals surface area contributed by atoms with Crippen LogP contribution in [-0.4, -0.2) is 4.98 Å². The van der Waals surface area contributed by atoms with Crippen molar-refractivity contribution in [3.8, 4) is 22.4 Å². The molecule has 0 N–H and O–H groups in total. The molecule has 0 unspecified atom stereocenters. The summed E-state index contributed by atoms with van der Waals surface area (Å²) in [6.45, 7) is 4.32. The van der Waals surface area contributed by atoms with Crippen molar-refractivity contribution in [1.29, 1.82) is 0 Å². The Hall–Kier alpha value is -1.76. The van der Waals surface area contributed by atoms with Crippen molar-refractivity contribution in [3.63, 3.8) is 0 Å². The Kier molecular flexibility index (Phi) is 4.48. The van der Waals surface area contributed by atoms with Crippen LogP contribution in [-0.2, 0) is 32.9 Å². The zero-order chi connectivity index (χ0) is 15.1. The van der Waals surface area contributed by atoms with E-state index in [1.54, 1.807) is 0 Å². The minimum atomic E-state index is 0. The SMILES string of the molecule is CCc1ccnc(-c2[c-]cc3c(c2)Cc2cc(C)ccc2-3)c1.[Ir]. The van der Waals surface area contributed by atoms with Crippen LogP contribution in [0.15, 0.2) is 48.7 Å². The summed E-state index contributed by atoms with van der Waals surface area (Å²) in [5, 5.41) is 0. The van der Waals surface area contributed by atoms with E-state index in [0.29, 0.717) is 0 Å². The molecule has 1 heterocycles. The van der Waals surface area contributed by atoms with Gasteiger partial charge in [0.05, 0.1) is 0 Å². The van der Waals surface area contributed by atoms with Gasteiger partial charge in [-0.15, -0.1) is 29.3 Å². The van der Waals surface area contributed by atoms with Gasteiger partial charge >= 0.3 is 0 Å². The molecule has 0 aliphatic heterocycles. The smallest absolute Gasteiger partial charge is 0.0163 e. The molecule has 2 aromatic carbocycles. The van der Waals surface area contributed by atoms with E-state index in [4.69, 9.17) is 0 Å². The van der Waals surface area contributed by atoms with E-state index in [0.717, 1.165) is 24.1 Å². The number of benzene rings is 2. The maximum Gasteiger partial charge on any atom is 0.0163 e. The van der Waals surface area contributed by atoms with E-state index in [1.165, 1.54) is 33.4 Å². The summed E-state index contributed by atoms with van der Waals surface area (Å²) >= 11 is 0. The van der Waals surface area contributed by atoms with Crippen LogP contribution in [0.25, 0.3) is 22.4 Å². The van der Waals surface area contributed by atoms with Crippen molar-refractivity contribution >= 4 is 0 Å². The molecule has 4 rings (SSSR count). The van der Waals surface area contributed by atoms with Crippen molar-refractivity contribution < 1.29 is 20.1 Å². The molecule has 1 nitrogen and oxygen atoms in total. The normalized spacial score (nSPS) is 11.6. The molecule has 0 saturated carbocycles. The number of aromatic nitrogens is 1. The fraction of sp³-hybridized carbons (Fsp3) is 0.190. The van der Waals surface area contributed by atoms with E-state index >= 15 is 0 Å². The van der Waals surface area contributed by atoms with Crippen LogP contribution in [0, 0.1) is 13.0 Å². The predicted molar refractivity (Wildman–Crippen MR) is 90.9 cm³/mol. The van der Waals surface area contributed by atoms with Crippen molar-refractivity contribution in [1.82, 2.24) is 4.98 Å². The number of aryl methyl sites for hydroxylation is 2. The van der Waals surface area contributed by atoms with Gasteiger partial charge in [-0.1, -0.05) is 53.4 Å². The van der Waals surface area contributed by atoms with Gasteiger partial charge in [0.15, 0.2) is 0 Å². The fourth-order valence-electron chi connectivity index (χ4n) is 3.26. The number of rotatable bonds is 2. The van der Waals surface area contributed by atoms with Crippen LogP contribution in [0.1, 0.15) is 29.2 Å². The molecule has 0 amide bonds. The predicted octanol–water partition coefficient (Wildman–Crippen LogP) is 4.99. The van der Waals surface area contributed by atoms with E-state index in [1.807, 2.05) is 6.20 Å². The van der Waals surface area contributed by atoms with Crippen molar-refractivity contribution in [2.75, 3.05) is 0 Å². The largest absolute Gasteiger partial charge is 0.305 e. The van der Waals surface area contributed by atoms with Crippen molar-refractivity contribution in [2.45, 2.75) is 26.7 Å². The van der Waals surface area contributed by atoms with E-state index < -0.39 is 0 Å². The Bertz CT molecular complexity index is 867. The molecule has 1 aliphatic rings. The van der Waals surface area contributed by atoms with Gasteiger partial charge in [0, 0.05) is 26.3 Å². The summed E-state index contributed by atoms with van der Waals surface area (Å²) in [5.41, 5.74) is 10.3. The van der Waals surface area contributed by atoms with E-state index in [9.17, 15) is 0 Å². The van der Waals surface area contributed by atoms with Gasteiger partial charge in [0.25, 0.3) is 0 Å². The summed E-state index contributed by atoms with van der Waals surface area (Å²) in [4.78, 5) is 4.52. The first-order valence-electron chi connectivity index (χ1n) is 7.84. The molecular formula is C21H18IrN-. The first-order chi connectivity index (χ1) is 10.7. The molecule has 0 atom stereocenters. The van der Waals surface area contributed by atoms with E-state index in [2.05, 4.69) is 67.4 Å². The van der Waals surface area contributed by atoms with Crippen LogP contribution < -0.4 is 0 Å². The Labute approximate surface area is 151 Å². The van der Waals surface area contributed by atoms with E-state index in [-0.39, 0.29) is 20.1 Å². The molecule has 1 aliphatic carbocycles. The number of hydrogen-bond acceptors (Lipinski definition) is 1. The molecule has 1 radical (unpaired) electrons. The summed E-state index contributed by atoms with van der Waals surface area (Å²) in [6.07, 6.45) is 3.94. The Morgan fingerprint density at radius 3 is 2.70 bits per heavy atom. The fourth-order valence-corrected chi connectivity index (χ4v) is 3.26. The van der Waals surface area contributed by atoms with Gasteiger partial charge in [-0.3, -0.25) is 0 Å². The molecule has 2 heteroatoms. The summed E-state index contributed by atoms with van der Waals surface area (Å²) in [7, 11) is 0. The number of fused-ring (bicyclic) bond motifs is 3. The summed E-state index contributed by atoms with van der Waals surface area (Å²) in [6, 6.07) is 18.8. The molecule has 117 valence electrons. The van der Waals surface area contributed by atoms with Crippen LogP contribution in [0.4, 0.5) is 0 Å². The van der Waals surface area contributed by atoms with Gasteiger partial charge in [0.1, 0.15) is 0 Å². The maximum absolute atomic E-state index is 4.52. The van der Waals surface area contributed by atoms with Crippen molar-refractivity contribution in [2.24, 2.45) is 0 Å². The molecule has 0 spiro atoms. The molecular weight excluding hydrogens is 458 g/mol. The molecule has 1 aromatic heterocycles. The van der Waals surface area contributed by atoms with Gasteiger partial charge < -0.3 is 4.98 Å². The standard InChI is InChI=1S/C21H18N.Ir/c1-3-15-8-9-22-21(11-15)16-5-7-20-18(12-16)13-17-10-14(2)4-6-19(17)20;/h4,6-12H,3,13H2,1-2H3;/q-1;. The Balaban J connectivity index is 0.00000156. The third-order valence-electron chi connectivity index (χ3n) is 4.48. The average Bonchev–Trinajstić information content (AvgIpc) is 2.91. The Morgan fingerprint density at radius 2 is 1.87 bits per heavy atom. The zero-order valence-corrected chi connectivity index (χ0v) is 15.7. The second-order valence-corrected chi connectivity index (χ2v) is 6.03. The van der Waals surface area contributed by atoms with Crippen LogP contribution in [0.3, 0.4) is 0 Å². The maximum atomic E-state index is 4.52. The van der Waals surface area contributed by atoms with Crippen LogP contribution in [0.5, 0.6) is 0 Å². The molecule has 0 fully saturated rings. The van der Waals surface area contributed by atoms with Gasteiger partial charge in [-0.05, 0) is 37.1 Å². The number of nitrogens with zero attached hydrogens (tertiary/aromatic N) is 1. The molecule has 3 aromatic rings. The molecule has 0 saturated heterocycles. The molecule has 23 heavy (non-hydrogen) atoms. The second kappa shape index (κ2) is 6.39. The summed E-state index contributed by atoms with van der Waals surface area (Å²) in [5.74, 6) is 0. The molecule has 0 bridgehead atoms. The third kappa shape index (κ3) is 2.89. The average molecular weight is 477 g/mol. The first kappa shape index (κ1) is 16.1. The van der Waals surface area contributed by atoms with Crippen LogP contribution in [0.2, 0.25) is 0 Å². The van der Waals surface area contributed by atoms with Crippen molar-refractivity contribution in [3.05, 3.63) is 77.0 Å². The van der Waals surface area contributed by atoms with Gasteiger partial charge in [0.2, 0.25) is 0 Å². The quantitative estimate of drug-likeness (QED) is 0.372. The zero-order valence-electron chi connectivity index (χ0n) is 13.3. The number of hydrogen-bond donors (Lipinski definition) is 0. The van der Waals surface area contributed by atoms with Crippen LogP contribution >= 0.6 is 0 Å². The minimum Gasteiger partial charge on any atom is -0.305 e. The summed E-state index contributed by atoms with van der Waals surface area (Å²) < 4.78 is 0.